The second kappa shape index (κ2) is 8.47. The average Bonchev–Trinajstić information content (AvgIpc) is 3.26. The summed E-state index contributed by atoms with van der Waals surface area (Å²) < 4.78 is 22.1. The van der Waals surface area contributed by atoms with Crippen molar-refractivity contribution in [2.45, 2.75) is 0 Å². The van der Waals surface area contributed by atoms with Gasteiger partial charge in [0, 0.05) is 37.1 Å². The molecule has 0 fully saturated rings. The summed E-state index contributed by atoms with van der Waals surface area (Å²) in [7, 11) is 7.09. The Morgan fingerprint density at radius 1 is 1.00 bits per heavy atom. The summed E-state index contributed by atoms with van der Waals surface area (Å²) in [5.41, 5.74) is 3.55. The molecule has 1 aliphatic heterocycles. The first-order valence-corrected chi connectivity index (χ1v) is 9.75. The standard InChI is InChI=1S/C24H24N2O5/c1-26(2)17-10-8-15(9-11-17)21-19(13-20-22(23(21)29-4)31-14-30-20)24(27)25-16-6-5-7-18(12-16)28-3/h5-13H,14H2,1-4H3,(H,25,27). The van der Waals surface area contributed by atoms with E-state index < -0.39 is 0 Å². The highest BCUT2D eigenvalue weighted by molar-refractivity contribution is 6.10. The highest BCUT2D eigenvalue weighted by Gasteiger charge is 2.29. The van der Waals surface area contributed by atoms with E-state index in [1.807, 2.05) is 55.4 Å². The normalized spacial score (nSPS) is 11.7. The molecule has 1 heterocycles. The number of fused-ring (bicyclic) bond motifs is 1. The summed E-state index contributed by atoms with van der Waals surface area (Å²) in [6, 6.07) is 16.8. The molecule has 0 saturated carbocycles. The van der Waals surface area contributed by atoms with Crippen LogP contribution in [-0.2, 0) is 0 Å². The molecule has 0 aromatic heterocycles. The molecule has 3 aromatic carbocycles. The average molecular weight is 420 g/mol. The van der Waals surface area contributed by atoms with Crippen molar-refractivity contribution in [1.29, 1.82) is 0 Å². The molecule has 0 spiro atoms. The van der Waals surface area contributed by atoms with Crippen molar-refractivity contribution in [3.8, 4) is 34.1 Å². The van der Waals surface area contributed by atoms with Gasteiger partial charge in [0.1, 0.15) is 5.75 Å². The Labute approximate surface area is 181 Å². The molecule has 7 heteroatoms. The molecule has 0 radical (unpaired) electrons. The quantitative estimate of drug-likeness (QED) is 0.637. The van der Waals surface area contributed by atoms with E-state index in [9.17, 15) is 4.79 Å². The second-order valence-electron chi connectivity index (χ2n) is 7.19. The largest absolute Gasteiger partial charge is 0.497 e. The molecule has 1 amide bonds. The third kappa shape index (κ3) is 3.94. The van der Waals surface area contributed by atoms with Gasteiger partial charge in [0.2, 0.25) is 12.5 Å². The molecule has 0 bridgehead atoms. The van der Waals surface area contributed by atoms with Gasteiger partial charge in [-0.25, -0.2) is 0 Å². The molecule has 0 atom stereocenters. The molecule has 0 unspecified atom stereocenters. The summed E-state index contributed by atoms with van der Waals surface area (Å²) in [5, 5.41) is 2.94. The van der Waals surface area contributed by atoms with Crippen LogP contribution in [0, 0.1) is 0 Å². The maximum atomic E-state index is 13.3. The number of hydrogen-bond acceptors (Lipinski definition) is 6. The zero-order valence-corrected chi connectivity index (χ0v) is 17.9. The van der Waals surface area contributed by atoms with Crippen LogP contribution in [0.4, 0.5) is 11.4 Å². The topological polar surface area (TPSA) is 69.3 Å². The van der Waals surface area contributed by atoms with Crippen molar-refractivity contribution in [3.05, 3.63) is 60.2 Å². The molecule has 31 heavy (non-hydrogen) atoms. The number of anilines is 2. The minimum Gasteiger partial charge on any atom is -0.497 e. The number of ether oxygens (including phenoxy) is 4. The molecular weight excluding hydrogens is 396 g/mol. The van der Waals surface area contributed by atoms with E-state index in [1.54, 1.807) is 32.4 Å². The number of carbonyl (C=O) groups is 1. The smallest absolute Gasteiger partial charge is 0.256 e. The molecule has 0 saturated heterocycles. The van der Waals surface area contributed by atoms with Crippen molar-refractivity contribution in [3.63, 3.8) is 0 Å². The molecular formula is C24H24N2O5. The van der Waals surface area contributed by atoms with Crippen LogP contribution < -0.4 is 29.2 Å². The molecule has 4 rings (SSSR count). The van der Waals surface area contributed by atoms with Crippen LogP contribution >= 0.6 is 0 Å². The maximum absolute atomic E-state index is 13.3. The number of amides is 1. The Morgan fingerprint density at radius 2 is 1.77 bits per heavy atom. The fourth-order valence-corrected chi connectivity index (χ4v) is 3.50. The zero-order chi connectivity index (χ0) is 22.0. The zero-order valence-electron chi connectivity index (χ0n) is 17.9. The SMILES string of the molecule is COc1cccc(NC(=O)c2cc3c(c(OC)c2-c2ccc(N(C)C)cc2)OCO3)c1. The van der Waals surface area contributed by atoms with E-state index in [1.165, 1.54) is 0 Å². The summed E-state index contributed by atoms with van der Waals surface area (Å²) >= 11 is 0. The van der Waals surface area contributed by atoms with Crippen LogP contribution in [0.5, 0.6) is 23.0 Å². The molecule has 0 aliphatic carbocycles. The number of nitrogens with one attached hydrogen (secondary N) is 1. The lowest BCUT2D eigenvalue weighted by molar-refractivity contribution is 0.102. The highest BCUT2D eigenvalue weighted by atomic mass is 16.7. The fraction of sp³-hybridized carbons (Fsp3) is 0.208. The van der Waals surface area contributed by atoms with Gasteiger partial charge in [-0.3, -0.25) is 4.79 Å². The first-order chi connectivity index (χ1) is 15.0. The summed E-state index contributed by atoms with van der Waals surface area (Å²) in [4.78, 5) is 15.3. The minimum atomic E-state index is -0.295. The lowest BCUT2D eigenvalue weighted by Crippen LogP contribution is -2.14. The molecule has 1 aliphatic rings. The molecule has 3 aromatic rings. The van der Waals surface area contributed by atoms with Crippen LogP contribution in [-0.4, -0.2) is 41.0 Å². The van der Waals surface area contributed by atoms with Gasteiger partial charge in [-0.15, -0.1) is 0 Å². The van der Waals surface area contributed by atoms with Gasteiger partial charge in [-0.05, 0) is 35.9 Å². The molecule has 7 nitrogen and oxygen atoms in total. The van der Waals surface area contributed by atoms with Crippen LogP contribution in [0.2, 0.25) is 0 Å². The van der Waals surface area contributed by atoms with E-state index in [-0.39, 0.29) is 12.7 Å². The first-order valence-electron chi connectivity index (χ1n) is 9.75. The number of rotatable bonds is 6. The van der Waals surface area contributed by atoms with Gasteiger partial charge >= 0.3 is 0 Å². The van der Waals surface area contributed by atoms with Crippen molar-refractivity contribution in [1.82, 2.24) is 0 Å². The molecule has 1 N–H and O–H groups in total. The van der Waals surface area contributed by atoms with E-state index in [0.29, 0.717) is 39.8 Å². The predicted molar refractivity (Wildman–Crippen MR) is 120 cm³/mol. The Morgan fingerprint density at radius 3 is 2.45 bits per heavy atom. The lowest BCUT2D eigenvalue weighted by Gasteiger charge is -2.18. The van der Waals surface area contributed by atoms with Gasteiger partial charge in [0.15, 0.2) is 11.5 Å². The van der Waals surface area contributed by atoms with E-state index >= 15 is 0 Å². The van der Waals surface area contributed by atoms with Gasteiger partial charge in [-0.1, -0.05) is 18.2 Å². The third-order valence-electron chi connectivity index (χ3n) is 5.07. The molecule has 160 valence electrons. The number of carbonyl (C=O) groups excluding carboxylic acids is 1. The first kappa shape index (κ1) is 20.4. The van der Waals surface area contributed by atoms with Crippen LogP contribution in [0.1, 0.15) is 10.4 Å². The highest BCUT2D eigenvalue weighted by Crippen LogP contribution is 2.49. The van der Waals surface area contributed by atoms with Crippen molar-refractivity contribution < 1.29 is 23.7 Å². The number of methoxy groups -OCH3 is 2. The monoisotopic (exact) mass is 420 g/mol. The number of hydrogen-bond donors (Lipinski definition) is 1. The van der Waals surface area contributed by atoms with Gasteiger partial charge < -0.3 is 29.2 Å². The van der Waals surface area contributed by atoms with Crippen molar-refractivity contribution in [2.75, 3.05) is 45.3 Å². The maximum Gasteiger partial charge on any atom is 0.256 e. The Kier molecular flexibility index (Phi) is 5.58. The third-order valence-corrected chi connectivity index (χ3v) is 5.07. The van der Waals surface area contributed by atoms with Crippen molar-refractivity contribution in [2.24, 2.45) is 0 Å². The van der Waals surface area contributed by atoms with E-state index in [4.69, 9.17) is 18.9 Å². The fourth-order valence-electron chi connectivity index (χ4n) is 3.50. The van der Waals surface area contributed by atoms with Gasteiger partial charge in [0.25, 0.3) is 5.91 Å². The minimum absolute atomic E-state index is 0.0751. The van der Waals surface area contributed by atoms with Crippen LogP contribution in [0.3, 0.4) is 0 Å². The van der Waals surface area contributed by atoms with Crippen LogP contribution in [0.15, 0.2) is 54.6 Å². The second-order valence-corrected chi connectivity index (χ2v) is 7.19. The number of nitrogens with zero attached hydrogens (tertiary/aromatic N) is 1. The summed E-state index contributed by atoms with van der Waals surface area (Å²) in [6.45, 7) is 0.0751. The van der Waals surface area contributed by atoms with E-state index in [0.717, 1.165) is 11.3 Å². The Bertz CT molecular complexity index is 1110. The summed E-state index contributed by atoms with van der Waals surface area (Å²) in [5.74, 6) is 1.79. The van der Waals surface area contributed by atoms with Crippen LogP contribution in [0.25, 0.3) is 11.1 Å². The van der Waals surface area contributed by atoms with Gasteiger partial charge in [-0.2, -0.15) is 0 Å². The van der Waals surface area contributed by atoms with E-state index in [2.05, 4.69) is 5.32 Å². The van der Waals surface area contributed by atoms with Gasteiger partial charge in [0.05, 0.1) is 19.8 Å². The Hall–Kier alpha value is -3.87. The number of benzene rings is 3. The summed E-state index contributed by atoms with van der Waals surface area (Å²) in [6.07, 6.45) is 0. The lowest BCUT2D eigenvalue weighted by atomic mass is 9.96. The predicted octanol–water partition coefficient (Wildman–Crippen LogP) is 4.42. The van der Waals surface area contributed by atoms with Crippen molar-refractivity contribution >= 4 is 17.3 Å². The Balaban J connectivity index is 1.81.